The second kappa shape index (κ2) is 6.92. The molecule has 1 aromatic carbocycles. The highest BCUT2D eigenvalue weighted by molar-refractivity contribution is 5.88. The average Bonchev–Trinajstić information content (AvgIpc) is 3.42. The predicted molar refractivity (Wildman–Crippen MR) is 116 cm³/mol. The number of hydrogen-bond donors (Lipinski definition) is 3. The summed E-state index contributed by atoms with van der Waals surface area (Å²) in [5, 5.41) is 12.5. The molecule has 7 nitrogen and oxygen atoms in total. The molecule has 29 heavy (non-hydrogen) atoms. The van der Waals surface area contributed by atoms with E-state index in [-0.39, 0.29) is 6.04 Å². The number of aryl methyl sites for hydroxylation is 1. The smallest absolute Gasteiger partial charge is 0.231 e. The van der Waals surface area contributed by atoms with Crippen molar-refractivity contribution in [3.8, 4) is 0 Å². The minimum Gasteiger partial charge on any atom is -0.363 e. The maximum absolute atomic E-state index is 4.81. The van der Waals surface area contributed by atoms with E-state index >= 15 is 0 Å². The molecule has 7 heteroatoms. The highest BCUT2D eigenvalue weighted by Gasteiger charge is 2.23. The maximum Gasteiger partial charge on any atom is 0.231 e. The van der Waals surface area contributed by atoms with E-state index < -0.39 is 0 Å². The number of rotatable bonds is 5. The summed E-state index contributed by atoms with van der Waals surface area (Å²) in [5.41, 5.74) is 5.57. The summed E-state index contributed by atoms with van der Waals surface area (Å²) < 4.78 is 1.99. The normalized spacial score (nSPS) is 15.8. The Morgan fingerprint density at radius 3 is 2.86 bits per heavy atom. The molecular formula is C22H25N7. The molecule has 0 amide bonds. The first-order chi connectivity index (χ1) is 14.1. The van der Waals surface area contributed by atoms with Crippen molar-refractivity contribution in [2.24, 2.45) is 0 Å². The third kappa shape index (κ3) is 3.12. The minimum absolute atomic E-state index is 0.262. The van der Waals surface area contributed by atoms with Gasteiger partial charge < -0.3 is 15.6 Å². The van der Waals surface area contributed by atoms with Crippen LogP contribution in [0.15, 0.2) is 42.7 Å². The summed E-state index contributed by atoms with van der Waals surface area (Å²) in [7, 11) is 0. The standard InChI is InChI=1S/C22H25N7/c1-13(2)29-14(3)19(12-24-29)26-22-27-20-17(10-11-23-20)21(28-22)25-18-9-8-15-6-4-5-7-16(15)18/h4-7,10-13,18H,8-9H2,1-3H3,(H3,23,25,26,27,28)/t18-/m0/s1. The summed E-state index contributed by atoms with van der Waals surface area (Å²) in [6.07, 6.45) is 5.89. The molecule has 0 fully saturated rings. The topological polar surface area (TPSA) is 83.4 Å². The van der Waals surface area contributed by atoms with E-state index in [0.29, 0.717) is 12.0 Å². The first kappa shape index (κ1) is 17.7. The maximum atomic E-state index is 4.81. The number of fused-ring (bicyclic) bond motifs is 2. The van der Waals surface area contributed by atoms with Crippen molar-refractivity contribution in [3.63, 3.8) is 0 Å². The SMILES string of the molecule is Cc1c(Nc2nc(N[C@H]3CCc4ccccc43)c3cc[nH]c3n2)cnn1C(C)C. The highest BCUT2D eigenvalue weighted by Crippen LogP contribution is 2.35. The first-order valence-corrected chi connectivity index (χ1v) is 10.1. The number of nitrogens with zero attached hydrogens (tertiary/aromatic N) is 4. The zero-order chi connectivity index (χ0) is 20.0. The lowest BCUT2D eigenvalue weighted by molar-refractivity contribution is 0.519. The Bertz CT molecular complexity index is 1170. The van der Waals surface area contributed by atoms with Crippen molar-refractivity contribution in [2.45, 2.75) is 45.7 Å². The van der Waals surface area contributed by atoms with Gasteiger partial charge in [-0.3, -0.25) is 4.68 Å². The molecule has 4 aromatic rings. The third-order valence-corrected chi connectivity index (χ3v) is 5.64. The van der Waals surface area contributed by atoms with Gasteiger partial charge in [0.15, 0.2) is 0 Å². The van der Waals surface area contributed by atoms with Crippen LogP contribution in [0.3, 0.4) is 0 Å². The number of hydrogen-bond acceptors (Lipinski definition) is 5. The molecule has 0 saturated heterocycles. The number of nitrogens with one attached hydrogen (secondary N) is 3. The van der Waals surface area contributed by atoms with Crippen molar-refractivity contribution in [1.29, 1.82) is 0 Å². The number of H-pyrrole nitrogens is 1. The zero-order valence-electron chi connectivity index (χ0n) is 16.9. The van der Waals surface area contributed by atoms with Crippen LogP contribution in [0, 0.1) is 6.92 Å². The Morgan fingerprint density at radius 1 is 1.17 bits per heavy atom. The number of benzene rings is 1. The quantitative estimate of drug-likeness (QED) is 0.454. The Labute approximate surface area is 169 Å². The molecule has 3 aromatic heterocycles. The summed E-state index contributed by atoms with van der Waals surface area (Å²) in [4.78, 5) is 12.7. The first-order valence-electron chi connectivity index (χ1n) is 10.1. The summed E-state index contributed by atoms with van der Waals surface area (Å²) in [6, 6.07) is 11.2. The third-order valence-electron chi connectivity index (χ3n) is 5.64. The lowest BCUT2D eigenvalue weighted by atomic mass is 10.1. The van der Waals surface area contributed by atoms with Gasteiger partial charge in [-0.15, -0.1) is 0 Å². The fourth-order valence-electron chi connectivity index (χ4n) is 4.17. The zero-order valence-corrected chi connectivity index (χ0v) is 16.9. The molecule has 1 atom stereocenters. The molecule has 0 radical (unpaired) electrons. The van der Waals surface area contributed by atoms with Crippen molar-refractivity contribution in [2.75, 3.05) is 10.6 Å². The molecule has 0 unspecified atom stereocenters. The summed E-state index contributed by atoms with van der Waals surface area (Å²) >= 11 is 0. The second-order valence-electron chi connectivity index (χ2n) is 7.88. The van der Waals surface area contributed by atoms with Crippen LogP contribution < -0.4 is 10.6 Å². The molecule has 0 saturated carbocycles. The Morgan fingerprint density at radius 2 is 2.03 bits per heavy atom. The van der Waals surface area contributed by atoms with Gasteiger partial charge in [0, 0.05) is 12.2 Å². The Hall–Kier alpha value is -3.35. The Kier molecular flexibility index (Phi) is 4.23. The van der Waals surface area contributed by atoms with Crippen LogP contribution in [0.5, 0.6) is 0 Å². The lowest BCUT2D eigenvalue weighted by Crippen LogP contribution is -2.10. The van der Waals surface area contributed by atoms with Crippen molar-refractivity contribution >= 4 is 28.5 Å². The second-order valence-corrected chi connectivity index (χ2v) is 7.88. The van der Waals surface area contributed by atoms with Gasteiger partial charge in [0.25, 0.3) is 0 Å². The van der Waals surface area contributed by atoms with E-state index in [1.54, 1.807) is 0 Å². The van der Waals surface area contributed by atoms with Crippen molar-refractivity contribution < 1.29 is 0 Å². The number of anilines is 3. The van der Waals surface area contributed by atoms with Gasteiger partial charge in [-0.1, -0.05) is 24.3 Å². The molecule has 1 aliphatic rings. The van der Waals surface area contributed by atoms with Gasteiger partial charge in [0.1, 0.15) is 11.5 Å². The minimum atomic E-state index is 0.262. The van der Waals surface area contributed by atoms with Crippen LogP contribution in [0.1, 0.15) is 49.2 Å². The number of aromatic nitrogens is 5. The van der Waals surface area contributed by atoms with Gasteiger partial charge in [0.05, 0.1) is 29.0 Å². The van der Waals surface area contributed by atoms with Crippen molar-refractivity contribution in [3.05, 3.63) is 59.5 Å². The van der Waals surface area contributed by atoms with Crippen LogP contribution in [-0.4, -0.2) is 24.7 Å². The van der Waals surface area contributed by atoms with E-state index in [0.717, 1.165) is 41.1 Å². The highest BCUT2D eigenvalue weighted by atomic mass is 15.3. The molecule has 0 aliphatic heterocycles. The molecule has 0 spiro atoms. The van der Waals surface area contributed by atoms with Crippen LogP contribution in [-0.2, 0) is 6.42 Å². The van der Waals surface area contributed by atoms with Crippen LogP contribution in [0.25, 0.3) is 11.0 Å². The monoisotopic (exact) mass is 387 g/mol. The molecule has 3 N–H and O–H groups in total. The van der Waals surface area contributed by atoms with E-state index in [1.807, 2.05) is 23.1 Å². The fourth-order valence-corrected chi connectivity index (χ4v) is 4.17. The van der Waals surface area contributed by atoms with E-state index in [9.17, 15) is 0 Å². The predicted octanol–water partition coefficient (Wildman–Crippen LogP) is 4.89. The van der Waals surface area contributed by atoms with Gasteiger partial charge in [-0.2, -0.15) is 15.1 Å². The average molecular weight is 387 g/mol. The van der Waals surface area contributed by atoms with E-state index in [2.05, 4.69) is 70.7 Å². The summed E-state index contributed by atoms with van der Waals surface area (Å²) in [5.74, 6) is 1.40. The van der Waals surface area contributed by atoms with E-state index in [4.69, 9.17) is 4.98 Å². The van der Waals surface area contributed by atoms with Crippen molar-refractivity contribution in [1.82, 2.24) is 24.7 Å². The molecule has 3 heterocycles. The van der Waals surface area contributed by atoms with Crippen LogP contribution >= 0.6 is 0 Å². The Balaban J connectivity index is 1.48. The molecule has 148 valence electrons. The van der Waals surface area contributed by atoms with Gasteiger partial charge in [0.2, 0.25) is 5.95 Å². The largest absolute Gasteiger partial charge is 0.363 e. The molecule has 5 rings (SSSR count). The number of aromatic amines is 1. The van der Waals surface area contributed by atoms with Gasteiger partial charge in [-0.25, -0.2) is 0 Å². The van der Waals surface area contributed by atoms with Gasteiger partial charge in [-0.05, 0) is 50.8 Å². The summed E-state index contributed by atoms with van der Waals surface area (Å²) in [6.45, 7) is 6.29. The molecular weight excluding hydrogens is 362 g/mol. The van der Waals surface area contributed by atoms with E-state index in [1.165, 1.54) is 11.1 Å². The lowest BCUT2D eigenvalue weighted by Gasteiger charge is -2.16. The fraction of sp³-hybridized carbons (Fsp3) is 0.318. The van der Waals surface area contributed by atoms with Gasteiger partial charge >= 0.3 is 0 Å². The van der Waals surface area contributed by atoms with Crippen LogP contribution in [0.2, 0.25) is 0 Å². The van der Waals surface area contributed by atoms with Crippen LogP contribution in [0.4, 0.5) is 17.5 Å². The molecule has 0 bridgehead atoms. The molecule has 1 aliphatic carbocycles.